The molecule has 1 aliphatic heterocycles. The first-order chi connectivity index (χ1) is 5.22. The largest absolute Gasteiger partial charge is 0.374 e. The normalized spacial score (nSPS) is 27.9. The first kappa shape index (κ1) is 8.83. The predicted octanol–water partition coefficient (Wildman–Crippen LogP) is -1.07. The van der Waals surface area contributed by atoms with Crippen LogP contribution >= 0.6 is 11.8 Å². The fourth-order valence-corrected chi connectivity index (χ4v) is 1.81. The van der Waals surface area contributed by atoms with Gasteiger partial charge in [-0.15, -0.1) is 0 Å². The van der Waals surface area contributed by atoms with Crippen molar-refractivity contribution in [3.63, 3.8) is 0 Å². The van der Waals surface area contributed by atoms with Crippen molar-refractivity contribution < 1.29 is 9.53 Å². The van der Waals surface area contributed by atoms with E-state index in [0.717, 1.165) is 11.5 Å². The summed E-state index contributed by atoms with van der Waals surface area (Å²) in [5.74, 6) is 1.25. The molecule has 0 saturated carbocycles. The van der Waals surface area contributed by atoms with E-state index in [9.17, 15) is 4.79 Å². The molecule has 2 unspecified atom stereocenters. The van der Waals surface area contributed by atoms with E-state index in [-0.39, 0.29) is 6.10 Å². The quantitative estimate of drug-likeness (QED) is 0.561. The van der Waals surface area contributed by atoms with Crippen LogP contribution in [0.3, 0.4) is 0 Å². The number of carbonyl (C=O) groups excluding carboxylic acids is 1. The molecular formula is C6H12N2O2S. The van der Waals surface area contributed by atoms with Crippen molar-refractivity contribution in [2.75, 3.05) is 18.1 Å². The van der Waals surface area contributed by atoms with E-state index in [1.165, 1.54) is 0 Å². The van der Waals surface area contributed by atoms with Crippen LogP contribution in [0.15, 0.2) is 0 Å². The summed E-state index contributed by atoms with van der Waals surface area (Å²) in [5.41, 5.74) is 10.5. The molecule has 1 amide bonds. The molecule has 1 aliphatic rings. The highest BCUT2D eigenvalue weighted by molar-refractivity contribution is 7.99. The van der Waals surface area contributed by atoms with Crippen LogP contribution in [0.4, 0.5) is 0 Å². The third kappa shape index (κ3) is 2.36. The molecule has 11 heavy (non-hydrogen) atoms. The smallest absolute Gasteiger partial charge is 0.237 e. The van der Waals surface area contributed by atoms with Crippen LogP contribution in [0.25, 0.3) is 0 Å². The summed E-state index contributed by atoms with van der Waals surface area (Å²) >= 11 is 1.74. The molecule has 4 nitrogen and oxygen atoms in total. The molecule has 0 aromatic rings. The zero-order chi connectivity index (χ0) is 8.27. The van der Waals surface area contributed by atoms with Gasteiger partial charge in [-0.1, -0.05) is 0 Å². The fourth-order valence-electron chi connectivity index (χ4n) is 0.897. The molecule has 64 valence electrons. The van der Waals surface area contributed by atoms with Gasteiger partial charge in [0.25, 0.3) is 0 Å². The molecule has 1 rings (SSSR count). The molecule has 2 atom stereocenters. The van der Waals surface area contributed by atoms with E-state index in [1.54, 1.807) is 11.8 Å². The maximum atomic E-state index is 10.6. The van der Waals surface area contributed by atoms with E-state index in [4.69, 9.17) is 16.2 Å². The van der Waals surface area contributed by atoms with E-state index in [2.05, 4.69) is 0 Å². The number of hydrogen-bond acceptors (Lipinski definition) is 4. The number of ether oxygens (including phenoxy) is 1. The van der Waals surface area contributed by atoms with E-state index < -0.39 is 11.9 Å². The number of thioether (sulfide) groups is 1. The second-order valence-corrected chi connectivity index (χ2v) is 3.56. The van der Waals surface area contributed by atoms with Crippen LogP contribution in [0.5, 0.6) is 0 Å². The summed E-state index contributed by atoms with van der Waals surface area (Å²) in [6.45, 7) is 0.663. The number of nitrogens with two attached hydrogens (primary N) is 2. The van der Waals surface area contributed by atoms with E-state index in [0.29, 0.717) is 6.61 Å². The lowest BCUT2D eigenvalue weighted by Crippen LogP contribution is -2.49. The maximum Gasteiger partial charge on any atom is 0.237 e. The molecule has 1 heterocycles. The Bertz CT molecular complexity index is 148. The van der Waals surface area contributed by atoms with Crippen LogP contribution in [0.2, 0.25) is 0 Å². The zero-order valence-corrected chi connectivity index (χ0v) is 6.97. The Morgan fingerprint density at radius 3 is 2.91 bits per heavy atom. The Hall–Kier alpha value is -0.260. The molecule has 5 heteroatoms. The van der Waals surface area contributed by atoms with Gasteiger partial charge < -0.3 is 16.2 Å². The number of rotatable bonds is 2. The molecule has 1 fully saturated rings. The standard InChI is InChI=1S/C6H12N2O2S/c7-5(6(8)9)4-3-11-2-1-10-4/h4-5H,1-3,7H2,(H2,8,9). The molecule has 0 aromatic carbocycles. The molecule has 0 spiro atoms. The molecule has 0 radical (unpaired) electrons. The lowest BCUT2D eigenvalue weighted by Gasteiger charge is -2.25. The summed E-state index contributed by atoms with van der Waals surface area (Å²) < 4.78 is 5.25. The first-order valence-electron chi connectivity index (χ1n) is 3.46. The number of amides is 1. The van der Waals surface area contributed by atoms with Crippen molar-refractivity contribution in [1.82, 2.24) is 0 Å². The van der Waals surface area contributed by atoms with E-state index >= 15 is 0 Å². The third-order valence-corrected chi connectivity index (χ3v) is 2.59. The fraction of sp³-hybridized carbons (Fsp3) is 0.833. The first-order valence-corrected chi connectivity index (χ1v) is 4.61. The van der Waals surface area contributed by atoms with Gasteiger partial charge in [0.2, 0.25) is 5.91 Å². The minimum absolute atomic E-state index is 0.189. The monoisotopic (exact) mass is 176 g/mol. The minimum atomic E-state index is -0.650. The summed E-state index contributed by atoms with van der Waals surface area (Å²) in [6, 6.07) is -0.650. The Labute approximate surface area is 69.6 Å². The van der Waals surface area contributed by atoms with Gasteiger partial charge in [-0.3, -0.25) is 4.79 Å². The SMILES string of the molecule is NC(=O)C(N)C1CSCCO1. The molecular weight excluding hydrogens is 164 g/mol. The highest BCUT2D eigenvalue weighted by Crippen LogP contribution is 2.14. The maximum absolute atomic E-state index is 10.6. The van der Waals surface area contributed by atoms with Gasteiger partial charge in [0.05, 0.1) is 12.7 Å². The minimum Gasteiger partial charge on any atom is -0.374 e. The highest BCUT2D eigenvalue weighted by Gasteiger charge is 2.25. The Balaban J connectivity index is 2.38. The Morgan fingerprint density at radius 1 is 1.73 bits per heavy atom. The lowest BCUT2D eigenvalue weighted by molar-refractivity contribution is -0.122. The summed E-state index contributed by atoms with van der Waals surface area (Å²) in [6.07, 6.45) is -0.189. The second-order valence-electron chi connectivity index (χ2n) is 2.41. The average Bonchev–Trinajstić information content (AvgIpc) is 2.05. The number of hydrogen-bond donors (Lipinski definition) is 2. The van der Waals surface area contributed by atoms with Crippen LogP contribution in [0.1, 0.15) is 0 Å². The van der Waals surface area contributed by atoms with Gasteiger partial charge in [0.1, 0.15) is 6.04 Å². The van der Waals surface area contributed by atoms with Crippen molar-refractivity contribution in [3.8, 4) is 0 Å². The van der Waals surface area contributed by atoms with Crippen molar-refractivity contribution in [2.45, 2.75) is 12.1 Å². The molecule has 0 aromatic heterocycles. The van der Waals surface area contributed by atoms with Crippen LogP contribution < -0.4 is 11.5 Å². The van der Waals surface area contributed by atoms with Gasteiger partial charge >= 0.3 is 0 Å². The predicted molar refractivity (Wildman–Crippen MR) is 44.2 cm³/mol. The van der Waals surface area contributed by atoms with Gasteiger partial charge in [0, 0.05) is 11.5 Å². The van der Waals surface area contributed by atoms with Gasteiger partial charge in [-0.2, -0.15) is 11.8 Å². The van der Waals surface area contributed by atoms with Crippen LogP contribution in [-0.2, 0) is 9.53 Å². The van der Waals surface area contributed by atoms with E-state index in [1.807, 2.05) is 0 Å². The molecule has 4 N–H and O–H groups in total. The van der Waals surface area contributed by atoms with Crippen molar-refractivity contribution >= 4 is 17.7 Å². The van der Waals surface area contributed by atoms with Gasteiger partial charge in [-0.25, -0.2) is 0 Å². The summed E-state index contributed by atoms with van der Waals surface area (Å²) in [7, 11) is 0. The molecule has 0 aliphatic carbocycles. The topological polar surface area (TPSA) is 78.3 Å². The molecule has 1 saturated heterocycles. The number of primary amides is 1. The van der Waals surface area contributed by atoms with Gasteiger partial charge in [0.15, 0.2) is 0 Å². The van der Waals surface area contributed by atoms with Crippen molar-refractivity contribution in [2.24, 2.45) is 11.5 Å². The lowest BCUT2D eigenvalue weighted by atomic mass is 10.2. The van der Waals surface area contributed by atoms with Crippen molar-refractivity contribution in [3.05, 3.63) is 0 Å². The third-order valence-electron chi connectivity index (χ3n) is 1.57. The Morgan fingerprint density at radius 2 is 2.45 bits per heavy atom. The van der Waals surface area contributed by atoms with Crippen molar-refractivity contribution in [1.29, 1.82) is 0 Å². The van der Waals surface area contributed by atoms with Crippen LogP contribution in [0, 0.1) is 0 Å². The summed E-state index contributed by atoms with van der Waals surface area (Å²) in [4.78, 5) is 10.6. The van der Waals surface area contributed by atoms with Crippen LogP contribution in [-0.4, -0.2) is 36.2 Å². The van der Waals surface area contributed by atoms with Gasteiger partial charge in [-0.05, 0) is 0 Å². The zero-order valence-electron chi connectivity index (χ0n) is 6.16. The number of carbonyl (C=O) groups is 1. The second kappa shape index (κ2) is 3.94. The Kier molecular flexibility index (Phi) is 3.16. The molecule has 0 bridgehead atoms. The highest BCUT2D eigenvalue weighted by atomic mass is 32.2. The average molecular weight is 176 g/mol. The summed E-state index contributed by atoms with van der Waals surface area (Å²) in [5, 5.41) is 0.